The summed E-state index contributed by atoms with van der Waals surface area (Å²) < 4.78 is 0. The van der Waals surface area contributed by atoms with E-state index in [0.717, 1.165) is 52.1 Å². The van der Waals surface area contributed by atoms with Gasteiger partial charge >= 0.3 is 0 Å². The molecule has 2 fully saturated rings. The Morgan fingerprint density at radius 1 is 1.16 bits per heavy atom. The maximum atomic E-state index is 12.1. The van der Waals surface area contributed by atoms with E-state index in [4.69, 9.17) is 18.0 Å². The van der Waals surface area contributed by atoms with Crippen LogP contribution in [0.1, 0.15) is 19.8 Å². The molecule has 2 heterocycles. The summed E-state index contributed by atoms with van der Waals surface area (Å²) in [5, 5.41) is 0. The minimum Gasteiger partial charge on any atom is -0.392 e. The number of piperazine rings is 1. The van der Waals surface area contributed by atoms with Crippen LogP contribution in [0.4, 0.5) is 0 Å². The molecule has 19 heavy (non-hydrogen) atoms. The molecule has 0 spiro atoms. The third-order valence-corrected chi connectivity index (χ3v) is 4.53. The molecule has 0 aromatic heterocycles. The molecular formula is C13H24N4OS. The molecule has 0 radical (unpaired) electrons. The van der Waals surface area contributed by atoms with Gasteiger partial charge in [0.05, 0.1) is 17.6 Å². The summed E-state index contributed by atoms with van der Waals surface area (Å²) in [7, 11) is 0. The van der Waals surface area contributed by atoms with Gasteiger partial charge in [0, 0.05) is 39.3 Å². The SMILES string of the molecule is CC(C(N)=S)N1CCN(CC(=O)N2CCCC2)CC1. The molecule has 1 unspecified atom stereocenters. The standard InChI is InChI=1S/C13H24N4OS/c1-11(13(14)19)16-8-6-15(7-9-16)10-12(18)17-4-2-3-5-17/h11H,2-10H2,1H3,(H2,14,19). The van der Waals surface area contributed by atoms with Gasteiger partial charge in [0.15, 0.2) is 0 Å². The predicted octanol–water partition coefficient (Wildman–Crippen LogP) is -0.0990. The zero-order chi connectivity index (χ0) is 13.8. The van der Waals surface area contributed by atoms with Crippen molar-refractivity contribution in [1.29, 1.82) is 0 Å². The molecule has 2 saturated heterocycles. The summed E-state index contributed by atoms with van der Waals surface area (Å²) in [5.74, 6) is 0.286. The number of carbonyl (C=O) groups excluding carboxylic acids is 1. The summed E-state index contributed by atoms with van der Waals surface area (Å²) in [4.78, 5) is 19.1. The number of amides is 1. The number of carbonyl (C=O) groups is 1. The highest BCUT2D eigenvalue weighted by Gasteiger charge is 2.25. The highest BCUT2D eigenvalue weighted by Crippen LogP contribution is 2.10. The van der Waals surface area contributed by atoms with Gasteiger partial charge in [0.1, 0.15) is 0 Å². The molecule has 2 N–H and O–H groups in total. The maximum Gasteiger partial charge on any atom is 0.236 e. The molecule has 0 bridgehead atoms. The third-order valence-electron chi connectivity index (χ3n) is 4.18. The molecule has 108 valence electrons. The Morgan fingerprint density at radius 2 is 1.74 bits per heavy atom. The lowest BCUT2D eigenvalue weighted by atomic mass is 10.2. The van der Waals surface area contributed by atoms with Gasteiger partial charge in [-0.25, -0.2) is 0 Å². The predicted molar refractivity (Wildman–Crippen MR) is 80.1 cm³/mol. The lowest BCUT2D eigenvalue weighted by molar-refractivity contribution is -0.131. The quantitative estimate of drug-likeness (QED) is 0.731. The van der Waals surface area contributed by atoms with E-state index in [1.807, 2.05) is 11.8 Å². The van der Waals surface area contributed by atoms with E-state index in [1.54, 1.807) is 0 Å². The number of likely N-dealkylation sites (tertiary alicyclic amines) is 1. The van der Waals surface area contributed by atoms with Gasteiger partial charge in [-0.15, -0.1) is 0 Å². The van der Waals surface area contributed by atoms with E-state index in [0.29, 0.717) is 11.5 Å². The second-order valence-corrected chi connectivity index (χ2v) is 5.95. The molecule has 1 atom stereocenters. The van der Waals surface area contributed by atoms with Crippen LogP contribution in [-0.2, 0) is 4.79 Å². The van der Waals surface area contributed by atoms with Crippen molar-refractivity contribution < 1.29 is 4.79 Å². The molecule has 0 aromatic carbocycles. The molecule has 0 saturated carbocycles. The van der Waals surface area contributed by atoms with E-state index >= 15 is 0 Å². The van der Waals surface area contributed by atoms with Gasteiger partial charge in [-0.2, -0.15) is 0 Å². The van der Waals surface area contributed by atoms with Crippen molar-refractivity contribution in [2.75, 3.05) is 45.8 Å². The average molecular weight is 284 g/mol. The second kappa shape index (κ2) is 6.63. The van der Waals surface area contributed by atoms with Crippen molar-refractivity contribution in [3.8, 4) is 0 Å². The zero-order valence-electron chi connectivity index (χ0n) is 11.7. The van der Waals surface area contributed by atoms with Crippen LogP contribution in [0, 0.1) is 0 Å². The van der Waals surface area contributed by atoms with Crippen LogP contribution >= 0.6 is 12.2 Å². The van der Waals surface area contributed by atoms with Crippen LogP contribution in [-0.4, -0.2) is 77.5 Å². The van der Waals surface area contributed by atoms with Crippen LogP contribution < -0.4 is 5.73 Å². The number of thiocarbonyl (C=S) groups is 1. The Morgan fingerprint density at radius 3 is 2.26 bits per heavy atom. The maximum absolute atomic E-state index is 12.1. The molecule has 1 amide bonds. The van der Waals surface area contributed by atoms with Crippen LogP contribution in [0.5, 0.6) is 0 Å². The number of hydrogen-bond acceptors (Lipinski definition) is 4. The minimum atomic E-state index is 0.159. The smallest absolute Gasteiger partial charge is 0.236 e. The first-order chi connectivity index (χ1) is 9.08. The third kappa shape index (κ3) is 3.87. The monoisotopic (exact) mass is 284 g/mol. The van der Waals surface area contributed by atoms with Gasteiger partial charge in [-0.05, 0) is 19.8 Å². The van der Waals surface area contributed by atoms with Crippen molar-refractivity contribution in [3.63, 3.8) is 0 Å². The van der Waals surface area contributed by atoms with E-state index in [2.05, 4.69) is 9.80 Å². The topological polar surface area (TPSA) is 52.8 Å². The fourth-order valence-electron chi connectivity index (χ4n) is 2.75. The summed E-state index contributed by atoms with van der Waals surface area (Å²) in [6.45, 7) is 8.22. The van der Waals surface area contributed by atoms with Crippen LogP contribution in [0.3, 0.4) is 0 Å². The molecule has 0 aliphatic carbocycles. The van der Waals surface area contributed by atoms with Gasteiger partial charge in [-0.1, -0.05) is 12.2 Å². The Kier molecular flexibility index (Phi) is 5.13. The van der Waals surface area contributed by atoms with Crippen molar-refractivity contribution in [1.82, 2.24) is 14.7 Å². The first-order valence-corrected chi connectivity index (χ1v) is 7.52. The molecular weight excluding hydrogens is 260 g/mol. The van der Waals surface area contributed by atoms with Crippen molar-refractivity contribution in [3.05, 3.63) is 0 Å². The fraction of sp³-hybridized carbons (Fsp3) is 0.846. The Bertz CT molecular complexity index is 336. The zero-order valence-corrected chi connectivity index (χ0v) is 12.5. The summed E-state index contributed by atoms with van der Waals surface area (Å²) >= 11 is 5.03. The first-order valence-electron chi connectivity index (χ1n) is 7.11. The number of rotatable bonds is 4. The normalized spacial score (nSPS) is 23.5. The molecule has 2 rings (SSSR count). The van der Waals surface area contributed by atoms with E-state index in [9.17, 15) is 4.79 Å². The van der Waals surface area contributed by atoms with Crippen molar-refractivity contribution in [2.24, 2.45) is 5.73 Å². The van der Waals surface area contributed by atoms with E-state index < -0.39 is 0 Å². The van der Waals surface area contributed by atoms with Gasteiger partial charge in [0.2, 0.25) is 5.91 Å². The first kappa shape index (κ1) is 14.7. The lowest BCUT2D eigenvalue weighted by Gasteiger charge is -2.37. The second-order valence-electron chi connectivity index (χ2n) is 5.48. The number of nitrogens with zero attached hydrogens (tertiary/aromatic N) is 3. The van der Waals surface area contributed by atoms with Crippen LogP contribution in [0.15, 0.2) is 0 Å². The molecule has 0 aromatic rings. The molecule has 6 heteroatoms. The highest BCUT2D eigenvalue weighted by atomic mass is 32.1. The largest absolute Gasteiger partial charge is 0.392 e. The van der Waals surface area contributed by atoms with Crippen molar-refractivity contribution in [2.45, 2.75) is 25.8 Å². The van der Waals surface area contributed by atoms with Crippen LogP contribution in [0.2, 0.25) is 0 Å². The van der Waals surface area contributed by atoms with E-state index in [1.165, 1.54) is 0 Å². The lowest BCUT2D eigenvalue weighted by Crippen LogP contribution is -2.54. The van der Waals surface area contributed by atoms with Crippen LogP contribution in [0.25, 0.3) is 0 Å². The van der Waals surface area contributed by atoms with Crippen molar-refractivity contribution >= 4 is 23.1 Å². The van der Waals surface area contributed by atoms with Gasteiger partial charge in [0.25, 0.3) is 0 Å². The summed E-state index contributed by atoms with van der Waals surface area (Å²) in [6.07, 6.45) is 2.32. The van der Waals surface area contributed by atoms with Gasteiger partial charge < -0.3 is 10.6 Å². The summed E-state index contributed by atoms with van der Waals surface area (Å²) in [5.41, 5.74) is 5.68. The fourth-order valence-corrected chi connectivity index (χ4v) is 2.90. The Balaban J connectivity index is 1.74. The molecule has 5 nitrogen and oxygen atoms in total. The van der Waals surface area contributed by atoms with Gasteiger partial charge in [-0.3, -0.25) is 14.6 Å². The highest BCUT2D eigenvalue weighted by molar-refractivity contribution is 7.80. The van der Waals surface area contributed by atoms with E-state index in [-0.39, 0.29) is 11.9 Å². The number of nitrogens with two attached hydrogens (primary N) is 1. The Labute approximate surface area is 120 Å². The average Bonchev–Trinajstić information content (AvgIpc) is 2.92. The number of hydrogen-bond donors (Lipinski definition) is 1. The minimum absolute atomic E-state index is 0.159. The summed E-state index contributed by atoms with van der Waals surface area (Å²) in [6, 6.07) is 0.159. The Hall–Kier alpha value is -0.720. The molecule has 2 aliphatic heterocycles. The molecule has 2 aliphatic rings.